The van der Waals surface area contributed by atoms with Crippen LogP contribution >= 0.6 is 0 Å². The Kier molecular flexibility index (Phi) is 4.91. The molecule has 26 heavy (non-hydrogen) atoms. The molecule has 0 radical (unpaired) electrons. The van der Waals surface area contributed by atoms with Crippen LogP contribution in [-0.2, 0) is 13.0 Å². The minimum atomic E-state index is 0.0674. The van der Waals surface area contributed by atoms with E-state index in [-0.39, 0.29) is 5.91 Å². The molecule has 2 aromatic rings. The van der Waals surface area contributed by atoms with Crippen LogP contribution in [-0.4, -0.2) is 45.8 Å². The summed E-state index contributed by atoms with van der Waals surface area (Å²) < 4.78 is 7.56. The summed E-state index contributed by atoms with van der Waals surface area (Å²) in [6.07, 6.45) is 7.52. The van der Waals surface area contributed by atoms with Gasteiger partial charge >= 0.3 is 0 Å². The first-order valence-electron chi connectivity index (χ1n) is 9.53. The standard InChI is InChI=1S/C20H26N4O2/c1-26-18-5-3-2-4-17(18)20(25)23-10-8-15(9-11-23)12-19-22-21-14-24(19)13-16-6-7-16/h2-5,14-16H,6-13H2,1H3. The van der Waals surface area contributed by atoms with Crippen LogP contribution in [0.25, 0.3) is 0 Å². The number of nitrogens with zero attached hydrogens (tertiary/aromatic N) is 4. The highest BCUT2D eigenvalue weighted by molar-refractivity contribution is 5.97. The second-order valence-corrected chi connectivity index (χ2v) is 7.48. The number of para-hydroxylation sites is 1. The quantitative estimate of drug-likeness (QED) is 0.800. The monoisotopic (exact) mass is 354 g/mol. The van der Waals surface area contributed by atoms with Gasteiger partial charge in [0, 0.05) is 26.1 Å². The predicted molar refractivity (Wildman–Crippen MR) is 98.1 cm³/mol. The van der Waals surface area contributed by atoms with Crippen LogP contribution in [0.5, 0.6) is 5.75 Å². The van der Waals surface area contributed by atoms with Gasteiger partial charge in [0.2, 0.25) is 0 Å². The zero-order chi connectivity index (χ0) is 17.9. The molecule has 138 valence electrons. The number of piperidine rings is 1. The van der Waals surface area contributed by atoms with Gasteiger partial charge in [0.1, 0.15) is 17.9 Å². The van der Waals surface area contributed by atoms with E-state index < -0.39 is 0 Å². The Bertz CT molecular complexity index is 761. The number of hydrogen-bond acceptors (Lipinski definition) is 4. The molecule has 1 saturated heterocycles. The number of hydrogen-bond donors (Lipinski definition) is 0. The topological polar surface area (TPSA) is 60.2 Å². The van der Waals surface area contributed by atoms with Crippen molar-refractivity contribution in [2.24, 2.45) is 11.8 Å². The predicted octanol–water partition coefficient (Wildman–Crippen LogP) is 2.79. The highest BCUT2D eigenvalue weighted by Gasteiger charge is 2.27. The van der Waals surface area contributed by atoms with Crippen molar-refractivity contribution in [1.82, 2.24) is 19.7 Å². The Balaban J connectivity index is 1.34. The van der Waals surface area contributed by atoms with E-state index in [0.717, 1.165) is 50.6 Å². The van der Waals surface area contributed by atoms with Gasteiger partial charge in [-0.25, -0.2) is 0 Å². The first-order chi connectivity index (χ1) is 12.7. The van der Waals surface area contributed by atoms with E-state index in [9.17, 15) is 4.79 Å². The molecule has 1 saturated carbocycles. The maximum Gasteiger partial charge on any atom is 0.257 e. The second kappa shape index (κ2) is 7.48. The summed E-state index contributed by atoms with van der Waals surface area (Å²) in [6.45, 7) is 2.64. The summed E-state index contributed by atoms with van der Waals surface area (Å²) in [5.74, 6) is 3.21. The Labute approximate surface area is 154 Å². The van der Waals surface area contributed by atoms with Gasteiger partial charge in [-0.05, 0) is 49.7 Å². The maximum absolute atomic E-state index is 12.8. The highest BCUT2D eigenvalue weighted by atomic mass is 16.5. The van der Waals surface area contributed by atoms with E-state index in [0.29, 0.717) is 17.2 Å². The number of amides is 1. The van der Waals surface area contributed by atoms with Crippen LogP contribution in [0, 0.1) is 11.8 Å². The highest BCUT2D eigenvalue weighted by Crippen LogP contribution is 2.31. The van der Waals surface area contributed by atoms with Crippen LogP contribution in [0.1, 0.15) is 41.9 Å². The molecule has 1 aromatic heterocycles. The number of benzene rings is 1. The molecule has 0 bridgehead atoms. The lowest BCUT2D eigenvalue weighted by Gasteiger charge is -2.32. The lowest BCUT2D eigenvalue weighted by atomic mass is 9.92. The smallest absolute Gasteiger partial charge is 0.257 e. The van der Waals surface area contributed by atoms with Gasteiger partial charge in [-0.1, -0.05) is 12.1 Å². The first kappa shape index (κ1) is 17.1. The molecular formula is C20H26N4O2. The number of carbonyl (C=O) groups is 1. The normalized spacial score (nSPS) is 18.1. The van der Waals surface area contributed by atoms with Crippen molar-refractivity contribution in [3.8, 4) is 5.75 Å². The van der Waals surface area contributed by atoms with Gasteiger partial charge < -0.3 is 14.2 Å². The molecule has 2 heterocycles. The third kappa shape index (κ3) is 3.74. The van der Waals surface area contributed by atoms with E-state index in [1.165, 1.54) is 12.8 Å². The van der Waals surface area contributed by atoms with Crippen molar-refractivity contribution in [3.63, 3.8) is 0 Å². The van der Waals surface area contributed by atoms with Crippen molar-refractivity contribution in [2.75, 3.05) is 20.2 Å². The minimum Gasteiger partial charge on any atom is -0.496 e. The van der Waals surface area contributed by atoms with E-state index in [1.54, 1.807) is 7.11 Å². The maximum atomic E-state index is 12.8. The molecule has 0 spiro atoms. The van der Waals surface area contributed by atoms with Gasteiger partial charge in [-0.2, -0.15) is 0 Å². The molecule has 0 atom stereocenters. The Morgan fingerprint density at radius 2 is 1.92 bits per heavy atom. The molecule has 1 aliphatic heterocycles. The largest absolute Gasteiger partial charge is 0.496 e. The second-order valence-electron chi connectivity index (χ2n) is 7.48. The number of likely N-dealkylation sites (tertiary alicyclic amines) is 1. The fourth-order valence-electron chi connectivity index (χ4n) is 3.76. The lowest BCUT2D eigenvalue weighted by Crippen LogP contribution is -2.39. The minimum absolute atomic E-state index is 0.0674. The molecular weight excluding hydrogens is 328 g/mol. The van der Waals surface area contributed by atoms with E-state index in [2.05, 4.69) is 14.8 Å². The third-order valence-corrected chi connectivity index (χ3v) is 5.56. The van der Waals surface area contributed by atoms with Crippen LogP contribution in [0.2, 0.25) is 0 Å². The van der Waals surface area contributed by atoms with Gasteiger partial charge in [0.05, 0.1) is 12.7 Å². The number of aromatic nitrogens is 3. The number of methoxy groups -OCH3 is 1. The SMILES string of the molecule is COc1ccccc1C(=O)N1CCC(Cc2nncn2CC2CC2)CC1. The van der Waals surface area contributed by atoms with Crippen LogP contribution < -0.4 is 4.74 Å². The zero-order valence-electron chi connectivity index (χ0n) is 15.3. The van der Waals surface area contributed by atoms with Crippen molar-refractivity contribution >= 4 is 5.91 Å². The average Bonchev–Trinajstić information content (AvgIpc) is 3.40. The molecule has 4 rings (SSSR count). The summed E-state index contributed by atoms with van der Waals surface area (Å²) in [4.78, 5) is 14.8. The molecule has 1 aromatic carbocycles. The summed E-state index contributed by atoms with van der Waals surface area (Å²) in [6, 6.07) is 7.45. The molecule has 6 nitrogen and oxygen atoms in total. The number of carbonyl (C=O) groups excluding carboxylic acids is 1. The van der Waals surface area contributed by atoms with Gasteiger partial charge in [0.15, 0.2) is 0 Å². The first-order valence-corrected chi connectivity index (χ1v) is 9.53. The lowest BCUT2D eigenvalue weighted by molar-refractivity contribution is 0.0686. The fraction of sp³-hybridized carbons (Fsp3) is 0.550. The summed E-state index contributed by atoms with van der Waals surface area (Å²) in [5.41, 5.74) is 0.651. The van der Waals surface area contributed by atoms with Gasteiger partial charge in [-0.3, -0.25) is 4.79 Å². The summed E-state index contributed by atoms with van der Waals surface area (Å²) in [5, 5.41) is 8.44. The third-order valence-electron chi connectivity index (χ3n) is 5.56. The van der Waals surface area contributed by atoms with Gasteiger partial charge in [-0.15, -0.1) is 10.2 Å². The fourth-order valence-corrected chi connectivity index (χ4v) is 3.76. The van der Waals surface area contributed by atoms with Crippen molar-refractivity contribution < 1.29 is 9.53 Å². The summed E-state index contributed by atoms with van der Waals surface area (Å²) in [7, 11) is 1.61. The molecule has 0 unspecified atom stereocenters. The van der Waals surface area contributed by atoms with Crippen LogP contribution in [0.3, 0.4) is 0 Å². The average molecular weight is 354 g/mol. The molecule has 2 fully saturated rings. The Morgan fingerprint density at radius 1 is 1.15 bits per heavy atom. The molecule has 6 heteroatoms. The van der Waals surface area contributed by atoms with Crippen molar-refractivity contribution in [2.45, 2.75) is 38.6 Å². The van der Waals surface area contributed by atoms with E-state index in [1.807, 2.05) is 35.5 Å². The summed E-state index contributed by atoms with van der Waals surface area (Å²) >= 11 is 0. The molecule has 1 aliphatic carbocycles. The van der Waals surface area contributed by atoms with Crippen LogP contribution in [0.4, 0.5) is 0 Å². The van der Waals surface area contributed by atoms with Gasteiger partial charge in [0.25, 0.3) is 5.91 Å². The van der Waals surface area contributed by atoms with E-state index >= 15 is 0 Å². The van der Waals surface area contributed by atoms with E-state index in [4.69, 9.17) is 4.74 Å². The Morgan fingerprint density at radius 3 is 2.65 bits per heavy atom. The number of ether oxygens (including phenoxy) is 1. The van der Waals surface area contributed by atoms with Crippen molar-refractivity contribution in [3.05, 3.63) is 42.0 Å². The molecule has 2 aliphatic rings. The Hall–Kier alpha value is -2.37. The molecule has 1 amide bonds. The zero-order valence-corrected chi connectivity index (χ0v) is 15.3. The number of rotatable bonds is 6. The van der Waals surface area contributed by atoms with Crippen molar-refractivity contribution in [1.29, 1.82) is 0 Å². The molecule has 0 N–H and O–H groups in total. The van der Waals surface area contributed by atoms with Crippen LogP contribution in [0.15, 0.2) is 30.6 Å².